The molecular weight excluding hydrogens is 250 g/mol. The van der Waals surface area contributed by atoms with Crippen molar-refractivity contribution in [1.82, 2.24) is 15.2 Å². The van der Waals surface area contributed by atoms with Gasteiger partial charge >= 0.3 is 0 Å². The Hall–Kier alpha value is -1.81. The molecule has 0 spiro atoms. The monoisotopic (exact) mass is 271 g/mol. The Labute approximate surface area is 119 Å². The zero-order chi connectivity index (χ0) is 13.9. The number of aryl methyl sites for hydroxylation is 2. The number of fused-ring (bicyclic) bond motifs is 1. The summed E-state index contributed by atoms with van der Waals surface area (Å²) in [4.78, 5) is 17.4. The van der Waals surface area contributed by atoms with Gasteiger partial charge in [0.1, 0.15) is 0 Å². The van der Waals surface area contributed by atoms with Crippen molar-refractivity contribution in [1.29, 1.82) is 0 Å². The largest absolute Gasteiger partial charge is 0.361 e. The van der Waals surface area contributed by atoms with Gasteiger partial charge in [0.05, 0.1) is 0 Å². The standard InChI is InChI=1S/C16H21N3O/c1-12-2-4-14-13(11-18-15(14)10-12)3-5-16(20)19-8-6-17-7-9-19/h2,4,10-11,17-18H,3,5-9H2,1H3. The summed E-state index contributed by atoms with van der Waals surface area (Å²) in [5, 5.41) is 4.51. The van der Waals surface area contributed by atoms with Gasteiger partial charge in [-0.1, -0.05) is 12.1 Å². The number of aromatic amines is 1. The van der Waals surface area contributed by atoms with Crippen molar-refractivity contribution >= 4 is 16.8 Å². The molecule has 1 aliphatic rings. The van der Waals surface area contributed by atoms with E-state index in [1.54, 1.807) is 0 Å². The molecule has 0 bridgehead atoms. The summed E-state index contributed by atoms with van der Waals surface area (Å²) in [5.74, 6) is 0.271. The maximum atomic E-state index is 12.2. The normalized spacial score (nSPS) is 15.8. The molecule has 0 radical (unpaired) electrons. The van der Waals surface area contributed by atoms with Crippen LogP contribution in [-0.2, 0) is 11.2 Å². The minimum absolute atomic E-state index is 0.271. The van der Waals surface area contributed by atoms with E-state index in [2.05, 4.69) is 35.4 Å². The fourth-order valence-electron chi connectivity index (χ4n) is 2.82. The SMILES string of the molecule is Cc1ccc2c(CCC(=O)N3CCNCC3)c[nH]c2c1. The summed E-state index contributed by atoms with van der Waals surface area (Å²) in [6.45, 7) is 5.60. The van der Waals surface area contributed by atoms with Gasteiger partial charge in [-0.2, -0.15) is 0 Å². The predicted octanol–water partition coefficient (Wildman–Crippen LogP) is 1.84. The first-order chi connectivity index (χ1) is 9.74. The Morgan fingerprint density at radius 2 is 2.10 bits per heavy atom. The molecular formula is C16H21N3O. The number of rotatable bonds is 3. The number of carbonyl (C=O) groups excluding carboxylic acids is 1. The Bertz CT molecular complexity index is 611. The van der Waals surface area contributed by atoms with Crippen molar-refractivity contribution in [3.8, 4) is 0 Å². The van der Waals surface area contributed by atoms with Gasteiger partial charge in [0.2, 0.25) is 5.91 Å². The van der Waals surface area contributed by atoms with Gasteiger partial charge in [-0.25, -0.2) is 0 Å². The van der Waals surface area contributed by atoms with E-state index in [1.807, 2.05) is 11.1 Å². The van der Waals surface area contributed by atoms with Crippen LogP contribution < -0.4 is 5.32 Å². The van der Waals surface area contributed by atoms with E-state index in [1.165, 1.54) is 16.5 Å². The lowest BCUT2D eigenvalue weighted by molar-refractivity contribution is -0.131. The van der Waals surface area contributed by atoms with Crippen LogP contribution >= 0.6 is 0 Å². The van der Waals surface area contributed by atoms with Crippen LogP contribution in [0.4, 0.5) is 0 Å². The molecule has 1 saturated heterocycles. The number of hydrogen-bond acceptors (Lipinski definition) is 2. The van der Waals surface area contributed by atoms with Crippen molar-refractivity contribution in [3.63, 3.8) is 0 Å². The van der Waals surface area contributed by atoms with Crippen LogP contribution in [0.25, 0.3) is 10.9 Å². The summed E-state index contributed by atoms with van der Waals surface area (Å²) in [6, 6.07) is 6.42. The van der Waals surface area contributed by atoms with E-state index < -0.39 is 0 Å². The van der Waals surface area contributed by atoms with Gasteiger partial charge < -0.3 is 15.2 Å². The van der Waals surface area contributed by atoms with E-state index in [0.717, 1.165) is 38.1 Å². The third-order valence-electron chi connectivity index (χ3n) is 4.00. The first kappa shape index (κ1) is 13.2. The number of amides is 1. The molecule has 20 heavy (non-hydrogen) atoms. The highest BCUT2D eigenvalue weighted by Gasteiger charge is 2.16. The number of nitrogens with one attached hydrogen (secondary N) is 2. The molecule has 106 valence electrons. The van der Waals surface area contributed by atoms with Crippen molar-refractivity contribution in [2.75, 3.05) is 26.2 Å². The van der Waals surface area contributed by atoms with Crippen LogP contribution in [0.5, 0.6) is 0 Å². The number of hydrogen-bond donors (Lipinski definition) is 2. The Morgan fingerprint density at radius 3 is 2.90 bits per heavy atom. The number of piperazine rings is 1. The molecule has 2 heterocycles. The summed E-state index contributed by atoms with van der Waals surface area (Å²) in [7, 11) is 0. The Morgan fingerprint density at radius 1 is 1.30 bits per heavy atom. The predicted molar refractivity (Wildman–Crippen MR) is 80.8 cm³/mol. The number of aromatic nitrogens is 1. The third-order valence-corrected chi connectivity index (χ3v) is 4.00. The second kappa shape index (κ2) is 5.67. The highest BCUT2D eigenvalue weighted by molar-refractivity contribution is 5.84. The van der Waals surface area contributed by atoms with E-state index in [4.69, 9.17) is 0 Å². The third kappa shape index (κ3) is 2.70. The average molecular weight is 271 g/mol. The first-order valence-electron chi connectivity index (χ1n) is 7.29. The summed E-state index contributed by atoms with van der Waals surface area (Å²) >= 11 is 0. The maximum absolute atomic E-state index is 12.2. The van der Waals surface area contributed by atoms with E-state index >= 15 is 0 Å². The Balaban J connectivity index is 1.66. The summed E-state index contributed by atoms with van der Waals surface area (Å²) < 4.78 is 0. The second-order valence-corrected chi connectivity index (χ2v) is 5.49. The number of H-pyrrole nitrogens is 1. The molecule has 0 aliphatic carbocycles. The molecule has 0 unspecified atom stereocenters. The summed E-state index contributed by atoms with van der Waals surface area (Å²) in [6.07, 6.45) is 3.45. The molecule has 4 heteroatoms. The molecule has 1 aromatic carbocycles. The summed E-state index contributed by atoms with van der Waals surface area (Å²) in [5.41, 5.74) is 3.65. The lowest BCUT2D eigenvalue weighted by atomic mass is 10.1. The molecule has 4 nitrogen and oxygen atoms in total. The lowest BCUT2D eigenvalue weighted by Gasteiger charge is -2.27. The zero-order valence-electron chi connectivity index (χ0n) is 11.9. The number of benzene rings is 1. The molecule has 2 N–H and O–H groups in total. The van der Waals surface area contributed by atoms with Gasteiger partial charge in [0.25, 0.3) is 0 Å². The van der Waals surface area contributed by atoms with Crippen LogP contribution in [0, 0.1) is 6.92 Å². The quantitative estimate of drug-likeness (QED) is 0.895. The maximum Gasteiger partial charge on any atom is 0.222 e. The Kier molecular flexibility index (Phi) is 3.74. The van der Waals surface area contributed by atoms with Crippen LogP contribution in [0.2, 0.25) is 0 Å². The van der Waals surface area contributed by atoms with Crippen molar-refractivity contribution in [3.05, 3.63) is 35.5 Å². The average Bonchev–Trinajstić information content (AvgIpc) is 2.88. The van der Waals surface area contributed by atoms with Gasteiger partial charge in [-0.15, -0.1) is 0 Å². The molecule has 3 rings (SSSR count). The van der Waals surface area contributed by atoms with Crippen molar-refractivity contribution in [2.45, 2.75) is 19.8 Å². The topological polar surface area (TPSA) is 48.1 Å². The molecule has 0 saturated carbocycles. The van der Waals surface area contributed by atoms with Crippen LogP contribution in [-0.4, -0.2) is 42.0 Å². The van der Waals surface area contributed by atoms with Gasteiger partial charge in [0, 0.05) is 49.7 Å². The van der Waals surface area contributed by atoms with Gasteiger partial charge in [-0.05, 0) is 30.5 Å². The van der Waals surface area contributed by atoms with Crippen LogP contribution in [0.1, 0.15) is 17.5 Å². The number of nitrogens with zero attached hydrogens (tertiary/aromatic N) is 1. The van der Waals surface area contributed by atoms with E-state index in [-0.39, 0.29) is 5.91 Å². The molecule has 1 aromatic heterocycles. The van der Waals surface area contributed by atoms with E-state index in [9.17, 15) is 4.79 Å². The van der Waals surface area contributed by atoms with E-state index in [0.29, 0.717) is 6.42 Å². The smallest absolute Gasteiger partial charge is 0.222 e. The molecule has 2 aromatic rings. The minimum atomic E-state index is 0.271. The molecule has 1 amide bonds. The zero-order valence-corrected chi connectivity index (χ0v) is 11.9. The molecule has 0 atom stereocenters. The van der Waals surface area contributed by atoms with Crippen LogP contribution in [0.15, 0.2) is 24.4 Å². The lowest BCUT2D eigenvalue weighted by Crippen LogP contribution is -2.46. The fraction of sp³-hybridized carbons (Fsp3) is 0.438. The van der Waals surface area contributed by atoms with Crippen LogP contribution in [0.3, 0.4) is 0 Å². The first-order valence-corrected chi connectivity index (χ1v) is 7.29. The van der Waals surface area contributed by atoms with Gasteiger partial charge in [0.15, 0.2) is 0 Å². The minimum Gasteiger partial charge on any atom is -0.361 e. The number of carbonyl (C=O) groups is 1. The molecule has 1 aliphatic heterocycles. The van der Waals surface area contributed by atoms with Crippen molar-refractivity contribution < 1.29 is 4.79 Å². The highest BCUT2D eigenvalue weighted by atomic mass is 16.2. The second-order valence-electron chi connectivity index (χ2n) is 5.49. The fourth-order valence-corrected chi connectivity index (χ4v) is 2.82. The highest BCUT2D eigenvalue weighted by Crippen LogP contribution is 2.21. The van der Waals surface area contributed by atoms with Crippen molar-refractivity contribution in [2.24, 2.45) is 0 Å². The molecule has 1 fully saturated rings. The van der Waals surface area contributed by atoms with Gasteiger partial charge in [-0.3, -0.25) is 4.79 Å².